The van der Waals surface area contributed by atoms with Crippen LogP contribution in [0.5, 0.6) is 0 Å². The van der Waals surface area contributed by atoms with Gasteiger partial charge in [0, 0.05) is 41.9 Å². The molecule has 2 aromatic rings. The number of nitrogens with zero attached hydrogens (tertiary/aromatic N) is 1. The van der Waals surface area contributed by atoms with E-state index in [9.17, 15) is 0 Å². The van der Waals surface area contributed by atoms with Gasteiger partial charge < -0.3 is 10.1 Å². The molecular formula is C14H16N2OS. The van der Waals surface area contributed by atoms with E-state index in [1.807, 2.05) is 11.6 Å². The predicted octanol–water partition coefficient (Wildman–Crippen LogP) is 3.26. The first-order chi connectivity index (χ1) is 8.92. The van der Waals surface area contributed by atoms with Gasteiger partial charge in [-0.2, -0.15) is 0 Å². The molecular weight excluding hydrogens is 244 g/mol. The second-order valence-electron chi connectivity index (χ2n) is 4.53. The van der Waals surface area contributed by atoms with Gasteiger partial charge >= 0.3 is 0 Å². The van der Waals surface area contributed by atoms with Crippen molar-refractivity contribution in [1.82, 2.24) is 4.98 Å². The molecule has 3 nitrogen and oxygen atoms in total. The van der Waals surface area contributed by atoms with E-state index in [0.717, 1.165) is 30.5 Å². The largest absolute Gasteiger partial charge is 0.385 e. The SMILES string of the molecule is c1cc(NCC2CCOC2)cc(-c2nccs2)c1. The molecule has 1 fully saturated rings. The third-order valence-electron chi connectivity index (χ3n) is 3.16. The first-order valence-corrected chi connectivity index (χ1v) is 7.11. The molecule has 0 spiro atoms. The predicted molar refractivity (Wildman–Crippen MR) is 75.0 cm³/mol. The van der Waals surface area contributed by atoms with Crippen molar-refractivity contribution in [2.24, 2.45) is 5.92 Å². The Labute approximate surface area is 111 Å². The van der Waals surface area contributed by atoms with Crippen molar-refractivity contribution in [2.45, 2.75) is 6.42 Å². The molecule has 1 aliphatic rings. The minimum absolute atomic E-state index is 0.647. The fraction of sp³-hybridized carbons (Fsp3) is 0.357. The molecule has 1 saturated heterocycles. The zero-order chi connectivity index (χ0) is 12.2. The number of ether oxygens (including phenoxy) is 1. The van der Waals surface area contributed by atoms with Crippen LogP contribution in [0, 0.1) is 5.92 Å². The first-order valence-electron chi connectivity index (χ1n) is 6.23. The monoisotopic (exact) mass is 260 g/mol. The normalized spacial score (nSPS) is 19.0. The molecule has 4 heteroatoms. The van der Waals surface area contributed by atoms with E-state index in [-0.39, 0.29) is 0 Å². The molecule has 0 bridgehead atoms. The lowest BCUT2D eigenvalue weighted by molar-refractivity contribution is 0.187. The molecule has 2 heterocycles. The van der Waals surface area contributed by atoms with Gasteiger partial charge in [-0.15, -0.1) is 11.3 Å². The number of aromatic nitrogens is 1. The topological polar surface area (TPSA) is 34.1 Å². The van der Waals surface area contributed by atoms with Crippen LogP contribution in [0.25, 0.3) is 10.6 Å². The van der Waals surface area contributed by atoms with Crippen molar-refractivity contribution in [1.29, 1.82) is 0 Å². The molecule has 1 atom stereocenters. The third-order valence-corrected chi connectivity index (χ3v) is 3.98. The van der Waals surface area contributed by atoms with Crippen LogP contribution >= 0.6 is 11.3 Å². The van der Waals surface area contributed by atoms with E-state index in [0.29, 0.717) is 5.92 Å². The highest BCUT2D eigenvalue weighted by molar-refractivity contribution is 7.13. The summed E-state index contributed by atoms with van der Waals surface area (Å²) in [5.74, 6) is 0.647. The summed E-state index contributed by atoms with van der Waals surface area (Å²) in [7, 11) is 0. The summed E-state index contributed by atoms with van der Waals surface area (Å²) in [5.41, 5.74) is 2.34. The summed E-state index contributed by atoms with van der Waals surface area (Å²) in [5, 5.41) is 6.56. The van der Waals surface area contributed by atoms with Crippen LogP contribution < -0.4 is 5.32 Å². The summed E-state index contributed by atoms with van der Waals surface area (Å²) in [6, 6.07) is 8.44. The van der Waals surface area contributed by atoms with Gasteiger partial charge in [0.05, 0.1) is 6.61 Å². The number of thiazole rings is 1. The summed E-state index contributed by atoms with van der Waals surface area (Å²) >= 11 is 1.67. The number of benzene rings is 1. The van der Waals surface area contributed by atoms with Crippen molar-refractivity contribution >= 4 is 17.0 Å². The third kappa shape index (κ3) is 2.71. The van der Waals surface area contributed by atoms with E-state index in [2.05, 4.69) is 34.6 Å². The van der Waals surface area contributed by atoms with Crippen LogP contribution in [0.4, 0.5) is 5.69 Å². The van der Waals surface area contributed by atoms with Gasteiger partial charge in [-0.05, 0) is 18.6 Å². The van der Waals surface area contributed by atoms with Crippen LogP contribution in [0.3, 0.4) is 0 Å². The van der Waals surface area contributed by atoms with Crippen LogP contribution in [0.2, 0.25) is 0 Å². The number of hydrogen-bond donors (Lipinski definition) is 1. The zero-order valence-electron chi connectivity index (χ0n) is 10.1. The molecule has 94 valence electrons. The molecule has 1 N–H and O–H groups in total. The van der Waals surface area contributed by atoms with E-state index in [1.54, 1.807) is 11.3 Å². The maximum atomic E-state index is 5.38. The standard InChI is InChI=1S/C14H16N2OS/c1-2-12(14-15-5-7-18-14)8-13(3-1)16-9-11-4-6-17-10-11/h1-3,5,7-8,11,16H,4,6,9-10H2. The van der Waals surface area contributed by atoms with Crippen molar-refractivity contribution < 1.29 is 4.74 Å². The second-order valence-corrected chi connectivity index (χ2v) is 5.42. The molecule has 0 amide bonds. The lowest BCUT2D eigenvalue weighted by Gasteiger charge is -2.11. The quantitative estimate of drug-likeness (QED) is 0.916. The van der Waals surface area contributed by atoms with E-state index < -0.39 is 0 Å². The Bertz CT molecular complexity index is 492. The highest BCUT2D eigenvalue weighted by Gasteiger charge is 2.14. The lowest BCUT2D eigenvalue weighted by Crippen LogP contribution is -2.13. The Morgan fingerprint density at radius 1 is 1.44 bits per heavy atom. The van der Waals surface area contributed by atoms with Crippen molar-refractivity contribution in [3.05, 3.63) is 35.8 Å². The van der Waals surface area contributed by atoms with Crippen molar-refractivity contribution in [2.75, 3.05) is 25.1 Å². The highest BCUT2D eigenvalue weighted by atomic mass is 32.1. The summed E-state index contributed by atoms with van der Waals surface area (Å²) in [6.07, 6.45) is 3.01. The van der Waals surface area contributed by atoms with Crippen LogP contribution in [0.15, 0.2) is 35.8 Å². The fourth-order valence-electron chi connectivity index (χ4n) is 2.13. The number of rotatable bonds is 4. The smallest absolute Gasteiger partial charge is 0.123 e. The maximum Gasteiger partial charge on any atom is 0.123 e. The molecule has 3 rings (SSSR count). The average Bonchev–Trinajstić information content (AvgIpc) is 3.10. The van der Waals surface area contributed by atoms with Gasteiger partial charge in [-0.3, -0.25) is 0 Å². The Hall–Kier alpha value is -1.39. The molecule has 1 unspecified atom stereocenters. The molecule has 18 heavy (non-hydrogen) atoms. The molecule has 1 aromatic heterocycles. The number of nitrogens with one attached hydrogen (secondary N) is 1. The van der Waals surface area contributed by atoms with E-state index >= 15 is 0 Å². The summed E-state index contributed by atoms with van der Waals surface area (Å²) in [6.45, 7) is 2.78. The molecule has 1 aromatic carbocycles. The Morgan fingerprint density at radius 3 is 3.22 bits per heavy atom. The van der Waals surface area contributed by atoms with Gasteiger partial charge in [0.15, 0.2) is 0 Å². The van der Waals surface area contributed by atoms with Crippen LogP contribution in [-0.4, -0.2) is 24.7 Å². The summed E-state index contributed by atoms with van der Waals surface area (Å²) < 4.78 is 5.38. The van der Waals surface area contributed by atoms with Crippen molar-refractivity contribution in [3.63, 3.8) is 0 Å². The molecule has 0 radical (unpaired) electrons. The lowest BCUT2D eigenvalue weighted by atomic mass is 10.1. The minimum Gasteiger partial charge on any atom is -0.385 e. The van der Waals surface area contributed by atoms with Crippen molar-refractivity contribution in [3.8, 4) is 10.6 Å². The zero-order valence-corrected chi connectivity index (χ0v) is 11.0. The minimum atomic E-state index is 0.647. The molecule has 0 saturated carbocycles. The van der Waals surface area contributed by atoms with Gasteiger partial charge in [0.1, 0.15) is 5.01 Å². The van der Waals surface area contributed by atoms with Gasteiger partial charge in [0.25, 0.3) is 0 Å². The maximum absolute atomic E-state index is 5.38. The molecule has 1 aliphatic heterocycles. The molecule has 0 aliphatic carbocycles. The van der Waals surface area contributed by atoms with Gasteiger partial charge in [0.2, 0.25) is 0 Å². The van der Waals surface area contributed by atoms with Gasteiger partial charge in [-0.1, -0.05) is 12.1 Å². The Balaban J connectivity index is 1.67. The number of hydrogen-bond acceptors (Lipinski definition) is 4. The van der Waals surface area contributed by atoms with E-state index in [4.69, 9.17) is 4.74 Å². The van der Waals surface area contributed by atoms with Crippen LogP contribution in [-0.2, 0) is 4.74 Å². The van der Waals surface area contributed by atoms with Gasteiger partial charge in [-0.25, -0.2) is 4.98 Å². The van der Waals surface area contributed by atoms with Crippen LogP contribution in [0.1, 0.15) is 6.42 Å². The summed E-state index contributed by atoms with van der Waals surface area (Å²) in [4.78, 5) is 4.34. The highest BCUT2D eigenvalue weighted by Crippen LogP contribution is 2.24. The first kappa shape index (κ1) is 11.7. The Kier molecular flexibility index (Phi) is 3.57. The van der Waals surface area contributed by atoms with E-state index in [1.165, 1.54) is 12.0 Å². The average molecular weight is 260 g/mol. The number of anilines is 1. The second kappa shape index (κ2) is 5.50. The fourth-order valence-corrected chi connectivity index (χ4v) is 2.77. The Morgan fingerprint density at radius 2 is 2.44 bits per heavy atom.